The largest absolute Gasteiger partial charge is 0.308 e. The van der Waals surface area contributed by atoms with Crippen LogP contribution in [0.3, 0.4) is 0 Å². The van der Waals surface area contributed by atoms with Gasteiger partial charge in [-0.3, -0.25) is 4.79 Å². The molecule has 2 rings (SSSR count). The van der Waals surface area contributed by atoms with Crippen LogP contribution < -0.4 is 5.56 Å². The van der Waals surface area contributed by atoms with Crippen molar-refractivity contribution in [2.24, 2.45) is 0 Å². The number of aromatic nitrogens is 2. The molecule has 1 heterocycles. The number of allylic oxidation sites excluding steroid dienone is 1. The molecule has 0 spiro atoms. The first-order valence-electron chi connectivity index (χ1n) is 5.04. The second kappa shape index (κ2) is 4.57. The van der Waals surface area contributed by atoms with E-state index in [2.05, 4.69) is 11.6 Å². The number of nitrogens with zero attached hydrogens (tertiary/aromatic N) is 2. The van der Waals surface area contributed by atoms with Crippen LogP contribution >= 0.6 is 0 Å². The topological polar surface area (TPSA) is 34.9 Å². The van der Waals surface area contributed by atoms with E-state index in [1.54, 1.807) is 16.8 Å². The summed E-state index contributed by atoms with van der Waals surface area (Å²) in [6, 6.07) is 9.76. The van der Waals surface area contributed by atoms with Crippen molar-refractivity contribution >= 4 is 0 Å². The molecule has 2 aromatic rings. The van der Waals surface area contributed by atoms with Gasteiger partial charge in [-0.1, -0.05) is 36.4 Å². The molecular formula is C13H12N2O. The maximum absolute atomic E-state index is 11.4. The van der Waals surface area contributed by atoms with Crippen molar-refractivity contribution < 1.29 is 0 Å². The predicted octanol–water partition coefficient (Wildman–Crippen LogP) is 2.10. The Morgan fingerprint density at radius 1 is 1.31 bits per heavy atom. The summed E-state index contributed by atoms with van der Waals surface area (Å²) < 4.78 is 1.59. The van der Waals surface area contributed by atoms with Gasteiger partial charge in [-0.25, -0.2) is 4.98 Å². The fraction of sp³-hybridized carbons (Fsp3) is 0.0769. The maximum atomic E-state index is 11.4. The smallest absolute Gasteiger partial charge is 0.269 e. The molecule has 0 saturated heterocycles. The fourth-order valence-electron chi connectivity index (χ4n) is 1.48. The molecule has 0 atom stereocenters. The lowest BCUT2D eigenvalue weighted by Gasteiger charge is -2.04. The molecule has 1 aromatic carbocycles. The number of hydrogen-bond acceptors (Lipinski definition) is 2. The lowest BCUT2D eigenvalue weighted by atomic mass is 10.2. The summed E-state index contributed by atoms with van der Waals surface area (Å²) in [7, 11) is 0. The highest BCUT2D eigenvalue weighted by atomic mass is 16.1. The minimum absolute atomic E-state index is 0.111. The lowest BCUT2D eigenvalue weighted by molar-refractivity contribution is 0.770. The van der Waals surface area contributed by atoms with E-state index in [0.29, 0.717) is 6.54 Å². The monoisotopic (exact) mass is 212 g/mol. The average Bonchev–Trinajstić information content (AvgIpc) is 2.33. The van der Waals surface area contributed by atoms with Crippen molar-refractivity contribution in [1.29, 1.82) is 0 Å². The summed E-state index contributed by atoms with van der Waals surface area (Å²) in [5.74, 6) is 0. The molecule has 16 heavy (non-hydrogen) atoms. The van der Waals surface area contributed by atoms with Crippen LogP contribution in [0.2, 0.25) is 0 Å². The van der Waals surface area contributed by atoms with E-state index in [-0.39, 0.29) is 5.56 Å². The summed E-state index contributed by atoms with van der Waals surface area (Å²) in [6.07, 6.45) is 4.78. The van der Waals surface area contributed by atoms with Gasteiger partial charge in [0.2, 0.25) is 0 Å². The zero-order chi connectivity index (χ0) is 11.4. The van der Waals surface area contributed by atoms with Gasteiger partial charge in [0.1, 0.15) is 0 Å². The molecule has 1 aromatic heterocycles. The van der Waals surface area contributed by atoms with Crippen molar-refractivity contribution in [2.45, 2.75) is 6.54 Å². The van der Waals surface area contributed by atoms with E-state index < -0.39 is 0 Å². The molecule has 0 radical (unpaired) electrons. The Labute approximate surface area is 93.7 Å². The highest BCUT2D eigenvalue weighted by Gasteiger charge is 2.00. The average molecular weight is 212 g/mol. The zero-order valence-corrected chi connectivity index (χ0v) is 8.84. The summed E-state index contributed by atoms with van der Waals surface area (Å²) in [4.78, 5) is 15.6. The van der Waals surface area contributed by atoms with E-state index in [1.807, 2.05) is 30.3 Å². The summed E-state index contributed by atoms with van der Waals surface area (Å²) in [5.41, 5.74) is 1.68. The van der Waals surface area contributed by atoms with Gasteiger partial charge in [0, 0.05) is 18.3 Å². The second-order valence-electron chi connectivity index (χ2n) is 3.42. The minimum atomic E-state index is -0.111. The molecule has 3 nitrogen and oxygen atoms in total. The van der Waals surface area contributed by atoms with E-state index >= 15 is 0 Å². The standard InChI is InChI=1S/C13H12N2O/c1-2-8-15-10-12(14-9-13(15)16)11-6-4-3-5-7-11/h2-7,9-10H,1,8H2. The first kappa shape index (κ1) is 10.4. The third-order valence-corrected chi connectivity index (χ3v) is 2.27. The normalized spacial score (nSPS) is 10.0. The van der Waals surface area contributed by atoms with Crippen LogP contribution in [-0.4, -0.2) is 9.55 Å². The second-order valence-corrected chi connectivity index (χ2v) is 3.42. The predicted molar refractivity (Wildman–Crippen MR) is 64.1 cm³/mol. The van der Waals surface area contributed by atoms with Crippen LogP contribution in [0, 0.1) is 0 Å². The Kier molecular flexibility index (Phi) is 2.96. The van der Waals surface area contributed by atoms with Gasteiger partial charge in [0.25, 0.3) is 5.56 Å². The van der Waals surface area contributed by atoms with Gasteiger partial charge in [-0.2, -0.15) is 0 Å². The van der Waals surface area contributed by atoms with E-state index in [9.17, 15) is 4.79 Å². The molecule has 80 valence electrons. The van der Waals surface area contributed by atoms with Gasteiger partial charge in [0.15, 0.2) is 0 Å². The van der Waals surface area contributed by atoms with Crippen molar-refractivity contribution in [3.63, 3.8) is 0 Å². The van der Waals surface area contributed by atoms with Gasteiger partial charge in [-0.05, 0) is 0 Å². The molecule has 0 unspecified atom stereocenters. The van der Waals surface area contributed by atoms with E-state index in [0.717, 1.165) is 11.3 Å². The first-order valence-corrected chi connectivity index (χ1v) is 5.04. The van der Waals surface area contributed by atoms with Gasteiger partial charge < -0.3 is 4.57 Å². The van der Waals surface area contributed by atoms with Crippen molar-refractivity contribution in [3.05, 3.63) is 65.7 Å². The molecule has 0 aliphatic heterocycles. The Balaban J connectivity index is 2.47. The van der Waals surface area contributed by atoms with Gasteiger partial charge in [0.05, 0.1) is 11.9 Å². The van der Waals surface area contributed by atoms with Gasteiger partial charge >= 0.3 is 0 Å². The summed E-state index contributed by atoms with van der Waals surface area (Å²) in [5, 5.41) is 0. The Hall–Kier alpha value is -2.16. The molecule has 0 bridgehead atoms. The molecule has 0 aliphatic carbocycles. The number of hydrogen-bond donors (Lipinski definition) is 0. The fourth-order valence-corrected chi connectivity index (χ4v) is 1.48. The van der Waals surface area contributed by atoms with Crippen LogP contribution in [0.5, 0.6) is 0 Å². The third kappa shape index (κ3) is 2.08. The Bertz CT molecular complexity index is 543. The quantitative estimate of drug-likeness (QED) is 0.730. The third-order valence-electron chi connectivity index (χ3n) is 2.27. The van der Waals surface area contributed by atoms with Crippen LogP contribution in [0.25, 0.3) is 11.3 Å². The SMILES string of the molecule is C=CCn1cc(-c2ccccc2)ncc1=O. The maximum Gasteiger partial charge on any atom is 0.269 e. The first-order chi connectivity index (χ1) is 7.81. The lowest BCUT2D eigenvalue weighted by Crippen LogP contribution is -2.18. The van der Waals surface area contributed by atoms with Crippen LogP contribution in [0.1, 0.15) is 0 Å². The Morgan fingerprint density at radius 2 is 2.06 bits per heavy atom. The van der Waals surface area contributed by atoms with E-state index in [4.69, 9.17) is 0 Å². The van der Waals surface area contributed by atoms with Crippen LogP contribution in [0.4, 0.5) is 0 Å². The zero-order valence-electron chi connectivity index (χ0n) is 8.84. The molecular weight excluding hydrogens is 200 g/mol. The molecule has 0 N–H and O–H groups in total. The van der Waals surface area contributed by atoms with Crippen LogP contribution in [-0.2, 0) is 6.54 Å². The van der Waals surface area contributed by atoms with Crippen molar-refractivity contribution in [3.8, 4) is 11.3 Å². The number of rotatable bonds is 3. The number of benzene rings is 1. The van der Waals surface area contributed by atoms with Gasteiger partial charge in [-0.15, -0.1) is 6.58 Å². The molecule has 0 fully saturated rings. The molecule has 0 amide bonds. The molecule has 0 aliphatic rings. The molecule has 3 heteroatoms. The highest BCUT2D eigenvalue weighted by Crippen LogP contribution is 2.13. The highest BCUT2D eigenvalue weighted by molar-refractivity contribution is 5.57. The summed E-state index contributed by atoms with van der Waals surface area (Å²) >= 11 is 0. The van der Waals surface area contributed by atoms with E-state index in [1.165, 1.54) is 6.20 Å². The minimum Gasteiger partial charge on any atom is -0.308 e. The summed E-state index contributed by atoms with van der Waals surface area (Å²) in [6.45, 7) is 4.12. The molecule has 0 saturated carbocycles. The van der Waals surface area contributed by atoms with Crippen molar-refractivity contribution in [2.75, 3.05) is 0 Å². The Morgan fingerprint density at radius 3 is 2.75 bits per heavy atom. The van der Waals surface area contributed by atoms with Crippen LogP contribution in [0.15, 0.2) is 60.2 Å². The van der Waals surface area contributed by atoms with Crippen molar-refractivity contribution in [1.82, 2.24) is 9.55 Å².